The van der Waals surface area contributed by atoms with Gasteiger partial charge in [0.1, 0.15) is 11.8 Å². The van der Waals surface area contributed by atoms with Crippen LogP contribution in [0.1, 0.15) is 61.3 Å². The maximum atomic E-state index is 14.5. The van der Waals surface area contributed by atoms with Crippen LogP contribution in [0, 0.1) is 20.8 Å². The van der Waals surface area contributed by atoms with E-state index in [0.717, 1.165) is 44.8 Å². The number of carbonyl (C=O) groups is 2. The number of benzene rings is 3. The number of Topliss-reactive ketones (excluding diaryl/α,β-unsaturated/α-hetero) is 1. The summed E-state index contributed by atoms with van der Waals surface area (Å²) in [6, 6.07) is 21.2. The number of aromatic nitrogens is 2. The van der Waals surface area contributed by atoms with Gasteiger partial charge in [0.05, 0.1) is 18.7 Å². The highest BCUT2D eigenvalue weighted by atomic mass is 16.5. The molecule has 39 heavy (non-hydrogen) atoms. The van der Waals surface area contributed by atoms with Gasteiger partial charge in [-0.15, -0.1) is 0 Å². The van der Waals surface area contributed by atoms with Gasteiger partial charge in [-0.3, -0.25) is 14.9 Å². The highest BCUT2D eigenvalue weighted by molar-refractivity contribution is 6.01. The first-order valence-corrected chi connectivity index (χ1v) is 13.1. The molecule has 7 heteroatoms. The van der Waals surface area contributed by atoms with E-state index in [0.29, 0.717) is 24.6 Å². The third-order valence-electron chi connectivity index (χ3n) is 7.47. The molecule has 2 N–H and O–H groups in total. The number of nitrogens with zero attached hydrogens (tertiary/aromatic N) is 2. The van der Waals surface area contributed by atoms with Crippen LogP contribution in [0.25, 0.3) is 0 Å². The van der Waals surface area contributed by atoms with Crippen LogP contribution in [0.4, 0.5) is 0 Å². The fourth-order valence-corrected chi connectivity index (χ4v) is 5.29. The zero-order valence-electron chi connectivity index (χ0n) is 22.7. The predicted molar refractivity (Wildman–Crippen MR) is 150 cm³/mol. The minimum Gasteiger partial charge on any atom is -0.496 e. The highest BCUT2D eigenvalue weighted by Gasteiger charge is 2.34. The predicted octanol–water partition coefficient (Wildman–Crippen LogP) is 4.98. The van der Waals surface area contributed by atoms with Crippen molar-refractivity contribution in [2.75, 3.05) is 7.11 Å². The van der Waals surface area contributed by atoms with Gasteiger partial charge in [0.2, 0.25) is 5.78 Å². The first kappa shape index (κ1) is 26.4. The number of rotatable bonds is 8. The molecule has 4 aromatic rings. The standard InChI is InChI=1S/C32H33N3O4/c1-19-5-10-23(11-6-19)29(24-12-7-20(2)8-13-24)30(36)31-34-26-17-33-25(32(37)38)16-27(26)35(31)18-22-9-14-28(39-4)21(3)15-22/h5-15,25,29,33H,16-18H2,1-4H3,(H,37,38)/t25-/m0/s1. The summed E-state index contributed by atoms with van der Waals surface area (Å²) < 4.78 is 7.35. The summed E-state index contributed by atoms with van der Waals surface area (Å²) in [4.78, 5) is 31.2. The van der Waals surface area contributed by atoms with Crippen LogP contribution in [0.5, 0.6) is 5.75 Å². The highest BCUT2D eigenvalue weighted by Crippen LogP contribution is 2.31. The van der Waals surface area contributed by atoms with E-state index >= 15 is 0 Å². The number of carboxylic acid groups (broad SMARTS) is 1. The minimum atomic E-state index is -0.918. The first-order chi connectivity index (χ1) is 18.7. The SMILES string of the molecule is COc1ccc(Cn2c(C(=O)C(c3ccc(C)cc3)c3ccc(C)cc3)nc3c2C[C@@H](C(=O)O)NC3)cc1C. The van der Waals surface area contributed by atoms with Gasteiger partial charge in [0.25, 0.3) is 0 Å². The molecule has 0 fully saturated rings. The number of carbonyl (C=O) groups excluding carboxylic acids is 1. The van der Waals surface area contributed by atoms with Crippen LogP contribution in [0.15, 0.2) is 66.7 Å². The summed E-state index contributed by atoms with van der Waals surface area (Å²) >= 11 is 0. The largest absolute Gasteiger partial charge is 0.496 e. The molecule has 5 rings (SSSR count). The van der Waals surface area contributed by atoms with E-state index < -0.39 is 17.9 Å². The monoisotopic (exact) mass is 523 g/mol. The Morgan fingerprint density at radius 1 is 1.00 bits per heavy atom. The molecule has 2 heterocycles. The van der Waals surface area contributed by atoms with E-state index in [9.17, 15) is 14.7 Å². The summed E-state index contributed by atoms with van der Waals surface area (Å²) in [5, 5.41) is 12.8. The van der Waals surface area contributed by atoms with Crippen molar-refractivity contribution >= 4 is 11.8 Å². The van der Waals surface area contributed by atoms with Gasteiger partial charge >= 0.3 is 5.97 Å². The quantitative estimate of drug-likeness (QED) is 0.317. The topological polar surface area (TPSA) is 93.5 Å². The number of hydrogen-bond donors (Lipinski definition) is 2. The van der Waals surface area contributed by atoms with Crippen molar-refractivity contribution < 1.29 is 19.4 Å². The third-order valence-corrected chi connectivity index (χ3v) is 7.47. The smallest absolute Gasteiger partial charge is 0.321 e. The molecule has 1 aromatic heterocycles. The van der Waals surface area contributed by atoms with Crippen LogP contribution in [-0.2, 0) is 24.3 Å². The lowest BCUT2D eigenvalue weighted by Gasteiger charge is -2.22. The van der Waals surface area contributed by atoms with Gasteiger partial charge < -0.3 is 14.4 Å². The molecule has 0 aliphatic carbocycles. The van der Waals surface area contributed by atoms with Crippen molar-refractivity contribution in [2.45, 2.75) is 52.2 Å². The number of methoxy groups -OCH3 is 1. The number of ketones is 1. The van der Waals surface area contributed by atoms with Crippen LogP contribution >= 0.6 is 0 Å². The van der Waals surface area contributed by atoms with Crippen molar-refractivity contribution in [3.8, 4) is 5.75 Å². The van der Waals surface area contributed by atoms with E-state index in [1.54, 1.807) is 7.11 Å². The van der Waals surface area contributed by atoms with Crippen molar-refractivity contribution in [1.82, 2.24) is 14.9 Å². The second-order valence-corrected chi connectivity index (χ2v) is 10.3. The third kappa shape index (κ3) is 5.36. The summed E-state index contributed by atoms with van der Waals surface area (Å²) in [7, 11) is 1.64. The van der Waals surface area contributed by atoms with Crippen molar-refractivity contribution in [3.05, 3.63) is 117 Å². The number of aryl methyl sites for hydroxylation is 3. The summed E-state index contributed by atoms with van der Waals surface area (Å²) in [6.07, 6.45) is 0.250. The Morgan fingerprint density at radius 3 is 2.15 bits per heavy atom. The van der Waals surface area contributed by atoms with Crippen LogP contribution < -0.4 is 10.1 Å². The summed E-state index contributed by atoms with van der Waals surface area (Å²) in [6.45, 7) is 6.72. The molecule has 1 atom stereocenters. The van der Waals surface area contributed by atoms with Gasteiger partial charge in [0.15, 0.2) is 5.82 Å². The maximum Gasteiger partial charge on any atom is 0.321 e. The van der Waals surface area contributed by atoms with Crippen LogP contribution in [0.2, 0.25) is 0 Å². The zero-order valence-corrected chi connectivity index (χ0v) is 22.7. The lowest BCUT2D eigenvalue weighted by atomic mass is 9.86. The first-order valence-electron chi connectivity index (χ1n) is 13.1. The maximum absolute atomic E-state index is 14.5. The normalized spacial score (nSPS) is 14.7. The van der Waals surface area contributed by atoms with Gasteiger partial charge in [-0.2, -0.15) is 0 Å². The average Bonchev–Trinajstić information content (AvgIpc) is 3.28. The minimum absolute atomic E-state index is 0.116. The van der Waals surface area contributed by atoms with Gasteiger partial charge in [-0.05, 0) is 49.1 Å². The van der Waals surface area contributed by atoms with Crippen LogP contribution in [-0.4, -0.2) is 39.6 Å². The second kappa shape index (κ2) is 10.9. The number of ether oxygens (including phenoxy) is 1. The fourth-order valence-electron chi connectivity index (χ4n) is 5.29. The van der Waals surface area contributed by atoms with Gasteiger partial charge in [0, 0.05) is 25.2 Å². The number of aliphatic carboxylic acids is 1. The molecule has 0 amide bonds. The Kier molecular flexibility index (Phi) is 7.35. The van der Waals surface area contributed by atoms with Crippen LogP contribution in [0.3, 0.4) is 0 Å². The second-order valence-electron chi connectivity index (χ2n) is 10.3. The molecule has 0 spiro atoms. The van der Waals surface area contributed by atoms with Gasteiger partial charge in [-0.25, -0.2) is 4.98 Å². The molecular formula is C32H33N3O4. The molecule has 1 aliphatic rings. The molecule has 1 aliphatic heterocycles. The van der Waals surface area contributed by atoms with E-state index in [1.807, 2.05) is 92.1 Å². The number of fused-ring (bicyclic) bond motifs is 1. The Balaban J connectivity index is 1.63. The van der Waals surface area contributed by atoms with Crippen molar-refractivity contribution in [3.63, 3.8) is 0 Å². The fraction of sp³-hybridized carbons (Fsp3) is 0.281. The Bertz CT molecular complexity index is 1480. The molecule has 0 radical (unpaired) electrons. The van der Waals surface area contributed by atoms with E-state index in [2.05, 4.69) is 5.32 Å². The molecule has 200 valence electrons. The number of carboxylic acids is 1. The number of hydrogen-bond acceptors (Lipinski definition) is 5. The molecule has 0 bridgehead atoms. The lowest BCUT2D eigenvalue weighted by Crippen LogP contribution is -2.42. The molecule has 0 saturated heterocycles. The van der Waals surface area contributed by atoms with Gasteiger partial charge in [-0.1, -0.05) is 71.8 Å². The molecular weight excluding hydrogens is 490 g/mol. The van der Waals surface area contributed by atoms with Crippen molar-refractivity contribution in [1.29, 1.82) is 0 Å². The Hall–Kier alpha value is -4.23. The van der Waals surface area contributed by atoms with Crippen molar-refractivity contribution in [2.24, 2.45) is 0 Å². The van der Waals surface area contributed by atoms with E-state index in [-0.39, 0.29) is 12.2 Å². The molecule has 7 nitrogen and oxygen atoms in total. The molecule has 3 aromatic carbocycles. The number of imidazole rings is 1. The van der Waals surface area contributed by atoms with E-state index in [1.165, 1.54) is 0 Å². The lowest BCUT2D eigenvalue weighted by molar-refractivity contribution is -0.139. The summed E-state index contributed by atoms with van der Waals surface area (Å²) in [5.74, 6) is -0.452. The summed E-state index contributed by atoms with van der Waals surface area (Å²) in [5.41, 5.74) is 7.48. The number of nitrogens with one attached hydrogen (secondary N) is 1. The van der Waals surface area contributed by atoms with E-state index in [4.69, 9.17) is 9.72 Å². The average molecular weight is 524 g/mol. The Morgan fingerprint density at radius 2 is 1.62 bits per heavy atom. The zero-order chi connectivity index (χ0) is 27.7. The Labute approximate surface area is 228 Å². The molecule has 0 saturated carbocycles. The molecule has 0 unspecified atom stereocenters.